The lowest BCUT2D eigenvalue weighted by Crippen LogP contribution is -2.34. The molecule has 0 unspecified atom stereocenters. The highest BCUT2D eigenvalue weighted by molar-refractivity contribution is 7.91. The minimum Gasteiger partial charge on any atom is -0.395 e. The van der Waals surface area contributed by atoms with E-state index < -0.39 is 16.1 Å². The molecule has 0 radical (unpaired) electrons. The largest absolute Gasteiger partial charge is 0.395 e. The van der Waals surface area contributed by atoms with Crippen LogP contribution in [-0.4, -0.2) is 26.2 Å². The van der Waals surface area contributed by atoms with Crippen LogP contribution in [0.2, 0.25) is 0 Å². The van der Waals surface area contributed by atoms with E-state index in [1.165, 1.54) is 11.3 Å². The van der Waals surface area contributed by atoms with Gasteiger partial charge in [0.1, 0.15) is 4.21 Å². The van der Waals surface area contributed by atoms with Gasteiger partial charge in [0, 0.05) is 10.9 Å². The monoisotopic (exact) mass is 235 g/mol. The molecule has 14 heavy (non-hydrogen) atoms. The molecule has 0 saturated carbocycles. The maximum absolute atomic E-state index is 11.6. The van der Waals surface area contributed by atoms with Gasteiger partial charge >= 0.3 is 0 Å². The van der Waals surface area contributed by atoms with Gasteiger partial charge in [-0.25, -0.2) is 13.1 Å². The number of hydrogen-bond donors (Lipinski definition) is 2. The smallest absolute Gasteiger partial charge is 0.250 e. The number of aliphatic hydroxyl groups excluding tert-OH is 1. The Morgan fingerprint density at radius 2 is 2.21 bits per heavy atom. The fourth-order valence-electron chi connectivity index (χ4n) is 0.917. The first-order chi connectivity index (χ1) is 6.45. The van der Waals surface area contributed by atoms with Crippen molar-refractivity contribution in [2.75, 3.05) is 6.61 Å². The summed E-state index contributed by atoms with van der Waals surface area (Å²) in [5, 5.41) is 8.73. The highest BCUT2D eigenvalue weighted by Crippen LogP contribution is 2.20. The molecule has 0 aliphatic heterocycles. The molecule has 0 aliphatic carbocycles. The van der Waals surface area contributed by atoms with Crippen LogP contribution < -0.4 is 4.72 Å². The van der Waals surface area contributed by atoms with Crippen LogP contribution in [-0.2, 0) is 10.0 Å². The van der Waals surface area contributed by atoms with Crippen molar-refractivity contribution in [2.45, 2.75) is 24.1 Å². The van der Waals surface area contributed by atoms with E-state index in [4.69, 9.17) is 5.11 Å². The quantitative estimate of drug-likeness (QED) is 0.808. The van der Waals surface area contributed by atoms with Gasteiger partial charge in [-0.15, -0.1) is 11.3 Å². The second-order valence-electron chi connectivity index (χ2n) is 3.07. The van der Waals surface area contributed by atoms with E-state index in [2.05, 4.69) is 4.72 Å². The molecular formula is C8H13NO3S2. The van der Waals surface area contributed by atoms with Gasteiger partial charge in [0.15, 0.2) is 0 Å². The third-order valence-electron chi connectivity index (χ3n) is 1.61. The van der Waals surface area contributed by atoms with Gasteiger partial charge in [-0.2, -0.15) is 0 Å². The summed E-state index contributed by atoms with van der Waals surface area (Å²) >= 11 is 1.22. The third-order valence-corrected chi connectivity index (χ3v) is 4.69. The normalized spacial score (nSPS) is 14.2. The zero-order valence-corrected chi connectivity index (χ0v) is 9.65. The van der Waals surface area contributed by atoms with Crippen LogP contribution in [0.4, 0.5) is 0 Å². The summed E-state index contributed by atoms with van der Waals surface area (Å²) in [5.74, 6) is 0. The lowest BCUT2D eigenvalue weighted by molar-refractivity contribution is 0.265. The molecule has 0 amide bonds. The van der Waals surface area contributed by atoms with Crippen LogP contribution in [0, 0.1) is 6.92 Å². The molecule has 0 aliphatic rings. The highest BCUT2D eigenvalue weighted by atomic mass is 32.2. The molecular weight excluding hydrogens is 222 g/mol. The van der Waals surface area contributed by atoms with Gasteiger partial charge in [0.05, 0.1) is 6.61 Å². The fraction of sp³-hybridized carbons (Fsp3) is 0.500. The Kier molecular flexibility index (Phi) is 3.65. The van der Waals surface area contributed by atoms with Crippen molar-refractivity contribution in [3.63, 3.8) is 0 Å². The van der Waals surface area contributed by atoms with Gasteiger partial charge in [0.2, 0.25) is 10.0 Å². The van der Waals surface area contributed by atoms with E-state index in [0.29, 0.717) is 0 Å². The van der Waals surface area contributed by atoms with Crippen LogP contribution in [0.15, 0.2) is 16.3 Å². The highest BCUT2D eigenvalue weighted by Gasteiger charge is 2.18. The lowest BCUT2D eigenvalue weighted by Gasteiger charge is -2.09. The molecule has 1 heterocycles. The number of hydrogen-bond acceptors (Lipinski definition) is 4. The van der Waals surface area contributed by atoms with Crippen molar-refractivity contribution >= 4 is 21.4 Å². The average Bonchev–Trinajstić information content (AvgIpc) is 2.51. The summed E-state index contributed by atoms with van der Waals surface area (Å²) in [7, 11) is -3.44. The van der Waals surface area contributed by atoms with Crippen molar-refractivity contribution in [2.24, 2.45) is 0 Å². The summed E-state index contributed by atoms with van der Waals surface area (Å²) in [4.78, 5) is 0.946. The Bertz CT molecular complexity index is 396. The molecule has 0 bridgehead atoms. The molecule has 0 fully saturated rings. The molecule has 1 rings (SSSR count). The van der Waals surface area contributed by atoms with E-state index in [0.717, 1.165) is 4.88 Å². The van der Waals surface area contributed by atoms with Crippen LogP contribution in [0.1, 0.15) is 11.8 Å². The number of rotatable bonds is 4. The molecule has 80 valence electrons. The summed E-state index contributed by atoms with van der Waals surface area (Å²) in [6, 6.07) is 2.86. The van der Waals surface area contributed by atoms with Gasteiger partial charge in [-0.05, 0) is 26.0 Å². The van der Waals surface area contributed by atoms with E-state index in [1.54, 1.807) is 19.1 Å². The SMILES string of the molecule is Cc1ccc(S(=O)(=O)N[C@@H](C)CO)s1. The predicted octanol–water partition coefficient (Wildman–Crippen LogP) is 0.716. The second-order valence-corrected chi connectivity index (χ2v) is 6.30. The third kappa shape index (κ3) is 2.78. The first kappa shape index (κ1) is 11.6. The van der Waals surface area contributed by atoms with Crippen LogP contribution in [0.3, 0.4) is 0 Å². The summed E-state index contributed by atoms with van der Waals surface area (Å²) in [6.45, 7) is 3.25. The molecule has 0 saturated heterocycles. The van der Waals surface area contributed by atoms with Gasteiger partial charge in [0.25, 0.3) is 0 Å². The Labute approximate surface area is 87.6 Å². The Hall–Kier alpha value is -0.430. The zero-order valence-electron chi connectivity index (χ0n) is 8.02. The zero-order chi connectivity index (χ0) is 10.8. The second kappa shape index (κ2) is 4.39. The summed E-state index contributed by atoms with van der Waals surface area (Å²) in [5.41, 5.74) is 0. The number of nitrogens with one attached hydrogen (secondary N) is 1. The standard InChI is InChI=1S/C8H13NO3S2/c1-6(5-10)9-14(11,12)8-4-3-7(2)13-8/h3-4,6,9-10H,5H2,1-2H3/t6-/m0/s1. The predicted molar refractivity (Wildman–Crippen MR) is 55.9 cm³/mol. The van der Waals surface area contributed by atoms with Gasteiger partial charge in [-0.1, -0.05) is 0 Å². The molecule has 2 N–H and O–H groups in total. The Morgan fingerprint density at radius 1 is 1.57 bits per heavy atom. The van der Waals surface area contributed by atoms with E-state index in [-0.39, 0.29) is 10.8 Å². The number of aryl methyl sites for hydroxylation is 1. The number of thiophene rings is 1. The van der Waals surface area contributed by atoms with E-state index in [9.17, 15) is 8.42 Å². The van der Waals surface area contributed by atoms with Crippen molar-refractivity contribution in [3.05, 3.63) is 17.0 Å². The van der Waals surface area contributed by atoms with Gasteiger partial charge < -0.3 is 5.11 Å². The van der Waals surface area contributed by atoms with Crippen molar-refractivity contribution < 1.29 is 13.5 Å². The van der Waals surface area contributed by atoms with E-state index >= 15 is 0 Å². The topological polar surface area (TPSA) is 66.4 Å². The minimum absolute atomic E-state index is 0.205. The fourth-order valence-corrected chi connectivity index (χ4v) is 3.45. The van der Waals surface area contributed by atoms with Crippen LogP contribution in [0.5, 0.6) is 0 Å². The van der Waals surface area contributed by atoms with Gasteiger partial charge in [-0.3, -0.25) is 0 Å². The molecule has 1 aromatic heterocycles. The molecule has 0 spiro atoms. The Balaban J connectivity index is 2.86. The van der Waals surface area contributed by atoms with Crippen LogP contribution >= 0.6 is 11.3 Å². The van der Waals surface area contributed by atoms with Crippen molar-refractivity contribution in [1.82, 2.24) is 4.72 Å². The van der Waals surface area contributed by atoms with Crippen molar-refractivity contribution in [1.29, 1.82) is 0 Å². The first-order valence-electron chi connectivity index (χ1n) is 4.15. The maximum atomic E-state index is 11.6. The summed E-state index contributed by atoms with van der Waals surface area (Å²) < 4.78 is 25.9. The van der Waals surface area contributed by atoms with Crippen LogP contribution in [0.25, 0.3) is 0 Å². The number of sulfonamides is 1. The molecule has 0 aromatic carbocycles. The lowest BCUT2D eigenvalue weighted by atomic mass is 10.4. The molecule has 1 atom stereocenters. The summed E-state index contributed by atoms with van der Waals surface area (Å²) in [6.07, 6.45) is 0. The average molecular weight is 235 g/mol. The van der Waals surface area contributed by atoms with Crippen molar-refractivity contribution in [3.8, 4) is 0 Å². The first-order valence-corrected chi connectivity index (χ1v) is 6.45. The van der Waals surface area contributed by atoms with E-state index in [1.807, 2.05) is 6.92 Å². The minimum atomic E-state index is -3.44. The molecule has 1 aromatic rings. The Morgan fingerprint density at radius 3 is 2.64 bits per heavy atom. The molecule has 4 nitrogen and oxygen atoms in total. The maximum Gasteiger partial charge on any atom is 0.250 e. The molecule has 6 heteroatoms. The number of aliphatic hydroxyl groups is 1.